The molecule has 0 aliphatic rings. The molecule has 0 saturated heterocycles. The van der Waals surface area contributed by atoms with Crippen LogP contribution < -0.4 is 4.74 Å². The van der Waals surface area contributed by atoms with Gasteiger partial charge >= 0.3 is 0 Å². The first kappa shape index (κ1) is 19.7. The van der Waals surface area contributed by atoms with Gasteiger partial charge in [0.05, 0.1) is 26.4 Å². The van der Waals surface area contributed by atoms with E-state index in [2.05, 4.69) is 26.0 Å². The molecule has 130 valence electrons. The van der Waals surface area contributed by atoms with E-state index in [0.717, 1.165) is 12.2 Å². The lowest BCUT2D eigenvalue weighted by atomic mass is 9.99. The van der Waals surface area contributed by atoms with Crippen molar-refractivity contribution >= 4 is 5.78 Å². The van der Waals surface area contributed by atoms with Crippen molar-refractivity contribution in [1.82, 2.24) is 0 Å². The maximum atomic E-state index is 10.7. The van der Waals surface area contributed by atoms with E-state index in [9.17, 15) is 4.79 Å². The molecule has 0 aliphatic heterocycles. The number of ether oxygens (including phenoxy) is 3. The maximum absolute atomic E-state index is 10.7. The minimum absolute atomic E-state index is 0.0123. The van der Waals surface area contributed by atoms with Crippen molar-refractivity contribution in [3.63, 3.8) is 0 Å². The summed E-state index contributed by atoms with van der Waals surface area (Å²) in [5, 5.41) is 0. The first-order chi connectivity index (χ1) is 11.0. The van der Waals surface area contributed by atoms with Crippen molar-refractivity contribution in [2.45, 2.75) is 52.6 Å². The van der Waals surface area contributed by atoms with Crippen LogP contribution in [0.4, 0.5) is 0 Å². The smallest absolute Gasteiger partial charge is 0.132 e. The second-order valence-electron chi connectivity index (χ2n) is 5.95. The van der Waals surface area contributed by atoms with Gasteiger partial charge < -0.3 is 14.2 Å². The predicted molar refractivity (Wildman–Crippen MR) is 92.2 cm³/mol. The molecule has 2 unspecified atom stereocenters. The molecule has 0 amide bonds. The van der Waals surface area contributed by atoms with E-state index in [1.165, 1.54) is 5.56 Å². The van der Waals surface area contributed by atoms with Gasteiger partial charge in [-0.15, -0.1) is 0 Å². The molecule has 0 radical (unpaired) electrons. The Bertz CT molecular complexity index is 441. The summed E-state index contributed by atoms with van der Waals surface area (Å²) in [6.45, 7) is 9.97. The molecule has 0 fully saturated rings. The quantitative estimate of drug-likeness (QED) is 0.546. The summed E-state index contributed by atoms with van der Waals surface area (Å²) in [5.41, 5.74) is 1.34. The fourth-order valence-corrected chi connectivity index (χ4v) is 2.06. The number of hydrogen-bond donors (Lipinski definition) is 0. The molecule has 4 heteroatoms. The van der Waals surface area contributed by atoms with E-state index in [1.54, 1.807) is 6.92 Å². The summed E-state index contributed by atoms with van der Waals surface area (Å²) in [6.07, 6.45) is 1.59. The minimum Gasteiger partial charge on any atom is -0.488 e. The summed E-state index contributed by atoms with van der Waals surface area (Å²) >= 11 is 0. The zero-order valence-electron chi connectivity index (χ0n) is 14.8. The summed E-state index contributed by atoms with van der Waals surface area (Å²) < 4.78 is 16.7. The van der Waals surface area contributed by atoms with Crippen LogP contribution >= 0.6 is 0 Å². The third kappa shape index (κ3) is 8.72. The Hall–Kier alpha value is -1.39. The Labute approximate surface area is 140 Å². The number of carbonyl (C=O) groups is 1. The van der Waals surface area contributed by atoms with E-state index in [4.69, 9.17) is 14.2 Å². The summed E-state index contributed by atoms with van der Waals surface area (Å²) in [5.74, 6) is 1.59. The summed E-state index contributed by atoms with van der Waals surface area (Å²) in [6, 6.07) is 8.28. The van der Waals surface area contributed by atoms with E-state index in [1.807, 2.05) is 19.1 Å². The first-order valence-corrected chi connectivity index (χ1v) is 8.44. The van der Waals surface area contributed by atoms with Crippen molar-refractivity contribution in [1.29, 1.82) is 0 Å². The van der Waals surface area contributed by atoms with Gasteiger partial charge in [0.25, 0.3) is 0 Å². The lowest BCUT2D eigenvalue weighted by Crippen LogP contribution is -2.20. The van der Waals surface area contributed by atoms with Crippen LogP contribution in [-0.2, 0) is 14.3 Å². The standard InChI is InChI=1S/C19H30O4/c1-5-15(2)18-6-8-19(9-7-18)23-17(4)14-22-13-12-21-11-10-16(3)20/h6-9,15,17H,5,10-14H2,1-4H3. The second-order valence-corrected chi connectivity index (χ2v) is 5.95. The summed E-state index contributed by atoms with van der Waals surface area (Å²) in [7, 11) is 0. The number of Topliss-reactive ketones (excluding diaryl/α,β-unsaturated/α-hetero) is 1. The molecule has 0 saturated carbocycles. The van der Waals surface area contributed by atoms with Gasteiger partial charge in [-0.2, -0.15) is 0 Å². The highest BCUT2D eigenvalue weighted by atomic mass is 16.5. The topological polar surface area (TPSA) is 44.8 Å². The van der Waals surface area contributed by atoms with Gasteiger partial charge in [0.2, 0.25) is 0 Å². The number of ketones is 1. The van der Waals surface area contributed by atoms with Crippen molar-refractivity contribution < 1.29 is 19.0 Å². The number of rotatable bonds is 12. The van der Waals surface area contributed by atoms with Gasteiger partial charge in [-0.1, -0.05) is 26.0 Å². The Kier molecular flexibility index (Phi) is 9.57. The Balaban J connectivity index is 2.16. The average molecular weight is 322 g/mol. The Morgan fingerprint density at radius 3 is 2.30 bits per heavy atom. The molecule has 0 N–H and O–H groups in total. The monoisotopic (exact) mass is 322 g/mol. The van der Waals surface area contributed by atoms with E-state index in [-0.39, 0.29) is 11.9 Å². The molecule has 1 aromatic carbocycles. The Morgan fingerprint density at radius 2 is 1.70 bits per heavy atom. The highest BCUT2D eigenvalue weighted by Gasteiger charge is 2.06. The molecule has 0 aromatic heterocycles. The van der Waals surface area contributed by atoms with Crippen molar-refractivity contribution in [2.75, 3.05) is 26.4 Å². The third-order valence-corrected chi connectivity index (χ3v) is 3.72. The van der Waals surface area contributed by atoms with Gasteiger partial charge in [-0.05, 0) is 43.9 Å². The normalized spacial score (nSPS) is 13.6. The molecule has 4 nitrogen and oxygen atoms in total. The number of carbonyl (C=O) groups excluding carboxylic acids is 1. The largest absolute Gasteiger partial charge is 0.488 e. The highest BCUT2D eigenvalue weighted by molar-refractivity contribution is 5.75. The predicted octanol–water partition coefficient (Wildman–Crippen LogP) is 3.98. The lowest BCUT2D eigenvalue weighted by Gasteiger charge is -2.16. The van der Waals surface area contributed by atoms with Gasteiger partial charge in [-0.3, -0.25) is 4.79 Å². The van der Waals surface area contributed by atoms with Crippen LogP contribution in [0.1, 0.15) is 52.0 Å². The number of hydrogen-bond acceptors (Lipinski definition) is 4. The van der Waals surface area contributed by atoms with Gasteiger partial charge in [0, 0.05) is 6.42 Å². The van der Waals surface area contributed by atoms with E-state index < -0.39 is 0 Å². The summed E-state index contributed by atoms with van der Waals surface area (Å²) in [4.78, 5) is 10.7. The Morgan fingerprint density at radius 1 is 1.04 bits per heavy atom. The zero-order chi connectivity index (χ0) is 17.1. The lowest BCUT2D eigenvalue weighted by molar-refractivity contribution is -0.118. The third-order valence-electron chi connectivity index (χ3n) is 3.72. The molecule has 1 aromatic rings. The van der Waals surface area contributed by atoms with E-state index >= 15 is 0 Å². The van der Waals surface area contributed by atoms with Gasteiger partial charge in [0.1, 0.15) is 17.6 Å². The van der Waals surface area contributed by atoms with Crippen LogP contribution in [0.3, 0.4) is 0 Å². The molecule has 2 atom stereocenters. The SMILES string of the molecule is CCC(C)c1ccc(OC(C)COCCOCCC(C)=O)cc1. The maximum Gasteiger partial charge on any atom is 0.132 e. The van der Waals surface area contributed by atoms with Crippen molar-refractivity contribution in [3.05, 3.63) is 29.8 Å². The average Bonchev–Trinajstić information content (AvgIpc) is 2.53. The molecule has 0 spiro atoms. The van der Waals surface area contributed by atoms with Gasteiger partial charge in [-0.25, -0.2) is 0 Å². The molecular weight excluding hydrogens is 292 g/mol. The number of benzene rings is 1. The molecule has 1 rings (SSSR count). The first-order valence-electron chi connectivity index (χ1n) is 8.44. The molecule has 0 aliphatic carbocycles. The van der Waals surface area contributed by atoms with Crippen LogP contribution in [-0.4, -0.2) is 38.3 Å². The van der Waals surface area contributed by atoms with Crippen LogP contribution in [0.15, 0.2) is 24.3 Å². The van der Waals surface area contributed by atoms with Crippen LogP contribution in [0, 0.1) is 0 Å². The fourth-order valence-electron chi connectivity index (χ4n) is 2.06. The van der Waals surface area contributed by atoms with Crippen LogP contribution in [0.25, 0.3) is 0 Å². The molecule has 0 bridgehead atoms. The minimum atomic E-state index is -0.0123. The van der Waals surface area contributed by atoms with Crippen LogP contribution in [0.2, 0.25) is 0 Å². The fraction of sp³-hybridized carbons (Fsp3) is 0.632. The second kappa shape index (κ2) is 11.2. The van der Waals surface area contributed by atoms with Gasteiger partial charge in [0.15, 0.2) is 0 Å². The molecule has 23 heavy (non-hydrogen) atoms. The van der Waals surface area contributed by atoms with Crippen LogP contribution in [0.5, 0.6) is 5.75 Å². The zero-order valence-corrected chi connectivity index (χ0v) is 14.8. The molecule has 0 heterocycles. The van der Waals surface area contributed by atoms with E-state index in [0.29, 0.717) is 38.8 Å². The molecular formula is C19H30O4. The van der Waals surface area contributed by atoms with Crippen molar-refractivity contribution in [3.8, 4) is 5.75 Å². The highest BCUT2D eigenvalue weighted by Crippen LogP contribution is 2.22. The van der Waals surface area contributed by atoms with Crippen molar-refractivity contribution in [2.24, 2.45) is 0 Å².